The average Bonchev–Trinajstić information content (AvgIpc) is 2.32. The molecule has 3 nitrogen and oxygen atoms in total. The fraction of sp³-hybridized carbons (Fsp3) is 0.0714. The van der Waals surface area contributed by atoms with E-state index in [0.29, 0.717) is 20.3 Å². The topological polar surface area (TPSA) is 55.1 Å². The molecule has 0 saturated carbocycles. The average molecular weight is 402 g/mol. The molecule has 0 heterocycles. The number of benzene rings is 2. The van der Waals surface area contributed by atoms with Gasteiger partial charge in [-0.05, 0) is 58.7 Å². The highest BCUT2D eigenvalue weighted by Gasteiger charge is 2.13. The van der Waals surface area contributed by atoms with Gasteiger partial charge in [0.05, 0.1) is 11.4 Å². The Kier molecular flexibility index (Phi) is 4.45. The summed E-state index contributed by atoms with van der Waals surface area (Å²) in [6.45, 7) is 1.90. The summed E-state index contributed by atoms with van der Waals surface area (Å²) in [5.41, 5.74) is 7.98. The number of rotatable bonds is 2. The SMILES string of the molecule is Cc1cc(N)c(NC(=O)c2cc(F)cc(Br)c2)c(Br)c1. The third-order valence-electron chi connectivity index (χ3n) is 2.63. The van der Waals surface area contributed by atoms with Gasteiger partial charge in [0.15, 0.2) is 0 Å². The molecule has 104 valence electrons. The predicted molar refractivity (Wildman–Crippen MR) is 85.3 cm³/mol. The number of hydrogen-bond acceptors (Lipinski definition) is 2. The summed E-state index contributed by atoms with van der Waals surface area (Å²) in [6, 6.07) is 7.58. The van der Waals surface area contributed by atoms with Gasteiger partial charge in [-0.15, -0.1) is 0 Å². The van der Waals surface area contributed by atoms with Crippen LogP contribution in [0, 0.1) is 12.7 Å². The lowest BCUT2D eigenvalue weighted by atomic mass is 10.1. The van der Waals surface area contributed by atoms with E-state index in [9.17, 15) is 9.18 Å². The van der Waals surface area contributed by atoms with E-state index in [-0.39, 0.29) is 5.56 Å². The number of nitrogens with one attached hydrogen (secondary N) is 1. The van der Waals surface area contributed by atoms with E-state index in [4.69, 9.17) is 5.73 Å². The Hall–Kier alpha value is -1.40. The van der Waals surface area contributed by atoms with E-state index in [1.807, 2.05) is 13.0 Å². The summed E-state index contributed by atoms with van der Waals surface area (Å²) >= 11 is 6.50. The molecule has 2 aromatic carbocycles. The van der Waals surface area contributed by atoms with Crippen molar-refractivity contribution in [2.24, 2.45) is 0 Å². The van der Waals surface area contributed by atoms with Crippen LogP contribution in [0.25, 0.3) is 0 Å². The van der Waals surface area contributed by atoms with Crippen molar-refractivity contribution in [3.8, 4) is 0 Å². The lowest BCUT2D eigenvalue weighted by molar-refractivity contribution is 0.102. The van der Waals surface area contributed by atoms with E-state index in [2.05, 4.69) is 37.2 Å². The van der Waals surface area contributed by atoms with E-state index in [1.54, 1.807) is 6.07 Å². The number of anilines is 2. The molecule has 2 aromatic rings. The van der Waals surface area contributed by atoms with Crippen molar-refractivity contribution < 1.29 is 9.18 Å². The highest BCUT2D eigenvalue weighted by atomic mass is 79.9. The van der Waals surface area contributed by atoms with Crippen molar-refractivity contribution in [2.75, 3.05) is 11.1 Å². The van der Waals surface area contributed by atoms with Gasteiger partial charge < -0.3 is 11.1 Å². The number of nitrogens with two attached hydrogens (primary N) is 1. The Balaban J connectivity index is 2.32. The van der Waals surface area contributed by atoms with Crippen LogP contribution in [-0.2, 0) is 0 Å². The molecular formula is C14H11Br2FN2O. The van der Waals surface area contributed by atoms with E-state index in [1.165, 1.54) is 18.2 Å². The third-order valence-corrected chi connectivity index (χ3v) is 3.71. The normalized spacial score (nSPS) is 10.4. The molecule has 0 saturated heterocycles. The summed E-state index contributed by atoms with van der Waals surface area (Å²) in [4.78, 5) is 12.1. The maximum Gasteiger partial charge on any atom is 0.255 e. The molecule has 0 radical (unpaired) electrons. The molecule has 0 aliphatic rings. The number of halogens is 3. The number of nitrogen functional groups attached to an aromatic ring is 1. The molecule has 0 bridgehead atoms. The first kappa shape index (κ1) is 15.0. The zero-order valence-electron chi connectivity index (χ0n) is 10.5. The first-order valence-corrected chi connectivity index (χ1v) is 7.28. The third kappa shape index (κ3) is 3.37. The number of aryl methyl sites for hydroxylation is 1. The maximum atomic E-state index is 13.3. The van der Waals surface area contributed by atoms with Gasteiger partial charge in [-0.2, -0.15) is 0 Å². The highest BCUT2D eigenvalue weighted by Crippen LogP contribution is 2.30. The van der Waals surface area contributed by atoms with Gasteiger partial charge in [0.1, 0.15) is 5.82 Å². The summed E-state index contributed by atoms with van der Waals surface area (Å²) < 4.78 is 14.5. The molecule has 3 N–H and O–H groups in total. The van der Waals surface area contributed by atoms with Gasteiger partial charge in [0.25, 0.3) is 5.91 Å². The minimum absolute atomic E-state index is 0.212. The van der Waals surface area contributed by atoms with Gasteiger partial charge >= 0.3 is 0 Å². The van der Waals surface area contributed by atoms with Crippen LogP contribution in [0.4, 0.5) is 15.8 Å². The van der Waals surface area contributed by atoms with Gasteiger partial charge in [-0.25, -0.2) is 4.39 Å². The Morgan fingerprint density at radius 1 is 1.20 bits per heavy atom. The zero-order valence-corrected chi connectivity index (χ0v) is 13.7. The summed E-state index contributed by atoms with van der Waals surface area (Å²) in [5, 5.41) is 2.68. The lowest BCUT2D eigenvalue weighted by Crippen LogP contribution is -2.14. The predicted octanol–water partition coefficient (Wildman–Crippen LogP) is 4.49. The Labute approximate surface area is 132 Å². The summed E-state index contributed by atoms with van der Waals surface area (Å²) in [5.74, 6) is -0.915. The van der Waals surface area contributed by atoms with Crippen molar-refractivity contribution in [3.05, 3.63) is 56.2 Å². The van der Waals surface area contributed by atoms with Crippen molar-refractivity contribution in [3.63, 3.8) is 0 Å². The second-order valence-electron chi connectivity index (χ2n) is 4.32. The van der Waals surface area contributed by atoms with Crippen LogP contribution in [0.3, 0.4) is 0 Å². The zero-order chi connectivity index (χ0) is 14.9. The van der Waals surface area contributed by atoms with E-state index >= 15 is 0 Å². The molecule has 0 aliphatic heterocycles. The summed E-state index contributed by atoms with van der Waals surface area (Å²) in [7, 11) is 0. The molecule has 0 spiro atoms. The molecule has 0 aromatic heterocycles. The highest BCUT2D eigenvalue weighted by molar-refractivity contribution is 9.10. The van der Waals surface area contributed by atoms with Crippen LogP contribution in [0.5, 0.6) is 0 Å². The van der Waals surface area contributed by atoms with Crippen LogP contribution in [0.15, 0.2) is 39.3 Å². The summed E-state index contributed by atoms with van der Waals surface area (Å²) in [6.07, 6.45) is 0. The standard InChI is InChI=1S/C14H11Br2FN2O/c1-7-2-11(16)13(12(18)3-7)19-14(20)8-4-9(15)6-10(17)5-8/h2-6H,18H2,1H3,(H,19,20). The van der Waals surface area contributed by atoms with E-state index in [0.717, 1.165) is 5.56 Å². The smallest absolute Gasteiger partial charge is 0.255 e. The monoisotopic (exact) mass is 400 g/mol. The van der Waals surface area contributed by atoms with Crippen LogP contribution >= 0.6 is 31.9 Å². The van der Waals surface area contributed by atoms with Crippen LogP contribution in [0.2, 0.25) is 0 Å². The first-order valence-electron chi connectivity index (χ1n) is 5.70. The number of carbonyl (C=O) groups is 1. The first-order chi connectivity index (χ1) is 9.36. The van der Waals surface area contributed by atoms with Crippen molar-refractivity contribution in [1.82, 2.24) is 0 Å². The fourth-order valence-electron chi connectivity index (χ4n) is 1.77. The number of hydrogen-bond donors (Lipinski definition) is 2. The van der Waals surface area contributed by atoms with Gasteiger partial charge in [0, 0.05) is 14.5 Å². The van der Waals surface area contributed by atoms with Crippen LogP contribution in [0.1, 0.15) is 15.9 Å². The lowest BCUT2D eigenvalue weighted by Gasteiger charge is -2.11. The second-order valence-corrected chi connectivity index (χ2v) is 6.09. The van der Waals surface area contributed by atoms with Crippen molar-refractivity contribution >= 4 is 49.1 Å². The molecule has 0 unspecified atom stereocenters. The van der Waals surface area contributed by atoms with Gasteiger partial charge in [-0.3, -0.25) is 4.79 Å². The molecule has 2 rings (SSSR count). The molecule has 0 atom stereocenters. The second kappa shape index (κ2) is 5.93. The number of carbonyl (C=O) groups excluding carboxylic acids is 1. The quantitative estimate of drug-likeness (QED) is 0.728. The fourth-order valence-corrected chi connectivity index (χ4v) is 2.93. The Bertz CT molecular complexity index is 646. The molecule has 20 heavy (non-hydrogen) atoms. The van der Waals surface area contributed by atoms with Gasteiger partial charge in [0.2, 0.25) is 0 Å². The maximum absolute atomic E-state index is 13.3. The molecule has 0 fully saturated rings. The van der Waals surface area contributed by atoms with Crippen molar-refractivity contribution in [2.45, 2.75) is 6.92 Å². The van der Waals surface area contributed by atoms with Gasteiger partial charge in [-0.1, -0.05) is 15.9 Å². The van der Waals surface area contributed by atoms with Crippen LogP contribution in [-0.4, -0.2) is 5.91 Å². The largest absolute Gasteiger partial charge is 0.397 e. The number of amides is 1. The Morgan fingerprint density at radius 3 is 2.50 bits per heavy atom. The molecule has 6 heteroatoms. The molecule has 0 aliphatic carbocycles. The molecular weight excluding hydrogens is 391 g/mol. The Morgan fingerprint density at radius 2 is 1.90 bits per heavy atom. The van der Waals surface area contributed by atoms with Crippen LogP contribution < -0.4 is 11.1 Å². The minimum atomic E-state index is -0.486. The molecule has 1 amide bonds. The van der Waals surface area contributed by atoms with Crippen molar-refractivity contribution in [1.29, 1.82) is 0 Å². The minimum Gasteiger partial charge on any atom is -0.397 e. The van der Waals surface area contributed by atoms with E-state index < -0.39 is 11.7 Å².